The van der Waals surface area contributed by atoms with Gasteiger partial charge in [0.2, 0.25) is 5.91 Å². The molecule has 8 heteroatoms. The van der Waals surface area contributed by atoms with E-state index in [1.807, 2.05) is 26.0 Å². The molecule has 0 radical (unpaired) electrons. The average Bonchev–Trinajstić information content (AvgIpc) is 2.90. The van der Waals surface area contributed by atoms with Crippen LogP contribution in [0.1, 0.15) is 29.2 Å². The Morgan fingerprint density at radius 3 is 2.41 bits per heavy atom. The lowest BCUT2D eigenvalue weighted by molar-refractivity contribution is -0.119. The highest BCUT2D eigenvalue weighted by molar-refractivity contribution is 8.00. The summed E-state index contributed by atoms with van der Waals surface area (Å²) >= 11 is 0. The number of carbonyl (C=O) groups is 1. The van der Waals surface area contributed by atoms with Crippen molar-refractivity contribution in [3.63, 3.8) is 0 Å². The molecule has 1 aliphatic rings. The average molecular weight is 415 g/mol. The highest BCUT2D eigenvalue weighted by atomic mass is 32.2. The number of carbonyl (C=O) groups excluding carboxylic acids is 1. The van der Waals surface area contributed by atoms with Crippen LogP contribution in [0, 0.1) is 19.7 Å². The molecule has 0 atom stereocenters. The fourth-order valence-corrected chi connectivity index (χ4v) is 4.49. The summed E-state index contributed by atoms with van der Waals surface area (Å²) in [6.45, 7) is 5.55. The second-order valence-corrected chi connectivity index (χ2v) is 8.55. The number of hydrogen-bond donors (Lipinski definition) is 2. The molecule has 0 spiro atoms. The van der Waals surface area contributed by atoms with E-state index in [0.29, 0.717) is 11.1 Å². The van der Waals surface area contributed by atoms with Gasteiger partial charge in [0.25, 0.3) is 10.0 Å². The number of sulfonamides is 1. The second-order valence-electron chi connectivity index (χ2n) is 6.93. The topological polar surface area (TPSA) is 87.6 Å². The SMILES string of the molecule is CC1=C(c2ccc(C)c(C)c2)S(=O)(=O)NC1=NCC(=O)NCc1ccc(F)cc1. The van der Waals surface area contributed by atoms with Crippen molar-refractivity contribution in [2.45, 2.75) is 27.3 Å². The van der Waals surface area contributed by atoms with Crippen molar-refractivity contribution in [3.8, 4) is 0 Å². The van der Waals surface area contributed by atoms with Crippen LogP contribution in [0.5, 0.6) is 0 Å². The zero-order valence-electron chi connectivity index (χ0n) is 16.4. The van der Waals surface area contributed by atoms with Crippen molar-refractivity contribution in [2.24, 2.45) is 4.99 Å². The van der Waals surface area contributed by atoms with Crippen LogP contribution in [0.3, 0.4) is 0 Å². The number of halogens is 1. The molecule has 2 N–H and O–H groups in total. The molecule has 1 aliphatic heterocycles. The van der Waals surface area contributed by atoms with Crippen LogP contribution >= 0.6 is 0 Å². The van der Waals surface area contributed by atoms with Gasteiger partial charge in [0, 0.05) is 12.1 Å². The van der Waals surface area contributed by atoms with Gasteiger partial charge in [0.15, 0.2) is 0 Å². The van der Waals surface area contributed by atoms with Crippen LogP contribution < -0.4 is 10.0 Å². The molecule has 0 saturated heterocycles. The number of benzene rings is 2. The number of hydrogen-bond acceptors (Lipinski definition) is 4. The molecule has 0 fully saturated rings. The van der Waals surface area contributed by atoms with Gasteiger partial charge in [-0.25, -0.2) is 12.8 Å². The van der Waals surface area contributed by atoms with Gasteiger partial charge in [0.1, 0.15) is 23.1 Å². The monoisotopic (exact) mass is 415 g/mol. The summed E-state index contributed by atoms with van der Waals surface area (Å²) in [4.78, 5) is 16.4. The number of nitrogens with zero attached hydrogens (tertiary/aromatic N) is 1. The summed E-state index contributed by atoms with van der Waals surface area (Å²) in [5.74, 6) is -0.551. The zero-order chi connectivity index (χ0) is 21.2. The number of nitrogens with one attached hydrogen (secondary N) is 2. The number of amides is 1. The third-order valence-electron chi connectivity index (χ3n) is 4.75. The van der Waals surface area contributed by atoms with Crippen LogP contribution in [0.25, 0.3) is 4.91 Å². The van der Waals surface area contributed by atoms with Crippen molar-refractivity contribution in [2.75, 3.05) is 6.54 Å². The largest absolute Gasteiger partial charge is 0.350 e. The summed E-state index contributed by atoms with van der Waals surface area (Å²) in [5.41, 5.74) is 3.87. The summed E-state index contributed by atoms with van der Waals surface area (Å²) in [5, 5.41) is 2.67. The van der Waals surface area contributed by atoms with Crippen LogP contribution in [0.2, 0.25) is 0 Å². The Kier molecular flexibility index (Phi) is 5.83. The van der Waals surface area contributed by atoms with Crippen molar-refractivity contribution < 1.29 is 17.6 Å². The van der Waals surface area contributed by atoms with Crippen molar-refractivity contribution in [1.29, 1.82) is 0 Å². The van der Waals surface area contributed by atoms with Crippen LogP contribution in [0.15, 0.2) is 53.0 Å². The summed E-state index contributed by atoms with van der Waals surface area (Å²) in [6.07, 6.45) is 0. The molecule has 3 rings (SSSR count). The first-order chi connectivity index (χ1) is 13.7. The van der Waals surface area contributed by atoms with E-state index in [2.05, 4.69) is 15.0 Å². The summed E-state index contributed by atoms with van der Waals surface area (Å²) in [7, 11) is -3.74. The molecule has 2 aromatic rings. The molecule has 0 aliphatic carbocycles. The van der Waals surface area contributed by atoms with E-state index in [1.54, 1.807) is 25.1 Å². The normalized spacial score (nSPS) is 16.8. The minimum Gasteiger partial charge on any atom is -0.350 e. The Bertz CT molecular complexity index is 1120. The maximum atomic E-state index is 12.9. The van der Waals surface area contributed by atoms with Crippen LogP contribution in [0.4, 0.5) is 4.39 Å². The van der Waals surface area contributed by atoms with Gasteiger partial charge in [0.05, 0.1) is 0 Å². The molecule has 0 aromatic heterocycles. The molecule has 0 saturated carbocycles. The Morgan fingerprint density at radius 1 is 1.07 bits per heavy atom. The van der Waals surface area contributed by atoms with Crippen molar-refractivity contribution in [1.82, 2.24) is 10.0 Å². The Morgan fingerprint density at radius 2 is 1.76 bits per heavy atom. The van der Waals surface area contributed by atoms with E-state index in [-0.39, 0.29) is 35.6 Å². The highest BCUT2D eigenvalue weighted by Gasteiger charge is 2.32. The number of amidine groups is 1. The first-order valence-corrected chi connectivity index (χ1v) is 10.5. The molecule has 0 bridgehead atoms. The molecular weight excluding hydrogens is 393 g/mol. The zero-order valence-corrected chi connectivity index (χ0v) is 17.2. The smallest absolute Gasteiger partial charge is 0.264 e. The van der Waals surface area contributed by atoms with Crippen LogP contribution in [-0.4, -0.2) is 26.7 Å². The first-order valence-electron chi connectivity index (χ1n) is 9.04. The van der Waals surface area contributed by atoms with E-state index in [9.17, 15) is 17.6 Å². The van der Waals surface area contributed by atoms with E-state index in [0.717, 1.165) is 16.7 Å². The lowest BCUT2D eigenvalue weighted by Gasteiger charge is -2.06. The van der Waals surface area contributed by atoms with Crippen molar-refractivity contribution in [3.05, 3.63) is 76.1 Å². The van der Waals surface area contributed by atoms with Gasteiger partial charge in [-0.05, 0) is 55.2 Å². The van der Waals surface area contributed by atoms with Crippen molar-refractivity contribution >= 4 is 26.7 Å². The maximum absolute atomic E-state index is 12.9. The van der Waals surface area contributed by atoms with E-state index in [1.165, 1.54) is 12.1 Å². The predicted octanol–water partition coefficient (Wildman–Crippen LogP) is 2.82. The molecule has 29 heavy (non-hydrogen) atoms. The molecule has 6 nitrogen and oxygen atoms in total. The summed E-state index contributed by atoms with van der Waals surface area (Å²) in [6, 6.07) is 11.3. The lowest BCUT2D eigenvalue weighted by Crippen LogP contribution is -2.28. The Labute approximate surface area is 169 Å². The number of aliphatic imine (C=N–C) groups is 1. The predicted molar refractivity (Wildman–Crippen MR) is 111 cm³/mol. The fourth-order valence-electron chi connectivity index (χ4n) is 2.98. The minimum atomic E-state index is -3.74. The van der Waals surface area contributed by atoms with Gasteiger partial charge in [-0.2, -0.15) is 0 Å². The maximum Gasteiger partial charge on any atom is 0.264 e. The quantitative estimate of drug-likeness (QED) is 0.787. The molecule has 152 valence electrons. The summed E-state index contributed by atoms with van der Waals surface area (Å²) < 4.78 is 40.5. The lowest BCUT2D eigenvalue weighted by atomic mass is 10.0. The van der Waals surface area contributed by atoms with E-state index >= 15 is 0 Å². The Balaban J connectivity index is 1.73. The molecule has 2 aromatic carbocycles. The van der Waals surface area contributed by atoms with E-state index in [4.69, 9.17) is 0 Å². The van der Waals surface area contributed by atoms with Gasteiger partial charge >= 0.3 is 0 Å². The molecule has 0 unspecified atom stereocenters. The Hall–Kier alpha value is -3.00. The molecular formula is C21H22FN3O3S. The van der Waals surface area contributed by atoms with Gasteiger partial charge in [-0.15, -0.1) is 0 Å². The highest BCUT2D eigenvalue weighted by Crippen LogP contribution is 2.30. The fraction of sp³-hybridized carbons (Fsp3) is 0.238. The van der Waals surface area contributed by atoms with Gasteiger partial charge in [-0.1, -0.05) is 30.3 Å². The number of aryl methyl sites for hydroxylation is 2. The third-order valence-corrected chi connectivity index (χ3v) is 6.29. The molecule has 1 heterocycles. The van der Waals surface area contributed by atoms with E-state index < -0.39 is 10.0 Å². The molecule has 1 amide bonds. The van der Waals surface area contributed by atoms with Gasteiger partial charge in [-0.3, -0.25) is 14.5 Å². The first kappa shape index (κ1) is 20.7. The standard InChI is InChI=1S/C21H22FN3O3S/c1-13-4-7-17(10-14(13)2)20-15(3)21(25-29(20,27)28)24-12-19(26)23-11-16-5-8-18(22)9-6-16/h4-10H,11-12H2,1-3H3,(H,23,26)(H,24,25). The third kappa shape index (κ3) is 4.71. The minimum absolute atomic E-state index is 0.162. The second kappa shape index (κ2) is 8.16. The van der Waals surface area contributed by atoms with Crippen LogP contribution in [-0.2, 0) is 21.4 Å². The van der Waals surface area contributed by atoms with Gasteiger partial charge < -0.3 is 5.32 Å². The number of rotatable bonds is 5.